The zero-order valence-corrected chi connectivity index (χ0v) is 15.3. The molecule has 0 saturated carbocycles. The fourth-order valence-electron chi connectivity index (χ4n) is 3.09. The molecule has 0 unspecified atom stereocenters. The molecule has 2 atom stereocenters. The van der Waals surface area contributed by atoms with Crippen LogP contribution in [0.15, 0.2) is 18.2 Å². The van der Waals surface area contributed by atoms with Crippen LogP contribution in [-0.4, -0.2) is 78.5 Å². The van der Waals surface area contributed by atoms with Crippen molar-refractivity contribution in [1.29, 1.82) is 0 Å². The zero-order valence-electron chi connectivity index (χ0n) is 14.5. The lowest BCUT2D eigenvalue weighted by Gasteiger charge is -2.40. The van der Waals surface area contributed by atoms with Gasteiger partial charge in [-0.2, -0.15) is 0 Å². The highest BCUT2D eigenvalue weighted by Gasteiger charge is 2.26. The Kier molecular flexibility index (Phi) is 5.61. The highest BCUT2D eigenvalue weighted by atomic mass is 32.1. The number of β-amino-alcohol motifs (C(OH)–C–C–N with tert-alkyl or cyclic N) is 1. The number of carbonyl (C=O) groups excluding carboxylic acids is 1. The fourth-order valence-corrected chi connectivity index (χ4v) is 3.90. The monoisotopic (exact) mass is 359 g/mol. The second-order valence-corrected chi connectivity index (χ2v) is 7.69. The Labute approximate surface area is 152 Å². The van der Waals surface area contributed by atoms with Crippen LogP contribution in [0, 0.1) is 6.92 Å². The minimum absolute atomic E-state index is 0.158. The van der Waals surface area contributed by atoms with Gasteiger partial charge in [-0.3, -0.25) is 9.69 Å². The number of aliphatic hydroxyl groups is 1. The Bertz CT molecular complexity index is 754. The van der Waals surface area contributed by atoms with Crippen LogP contribution < -0.4 is 4.74 Å². The summed E-state index contributed by atoms with van der Waals surface area (Å²) in [6, 6.07) is 5.96. The molecule has 1 aliphatic heterocycles. The number of thiazole rings is 1. The summed E-state index contributed by atoms with van der Waals surface area (Å²) in [6.07, 6.45) is -0.601. The lowest BCUT2D eigenvalue weighted by Crippen LogP contribution is -2.55. The van der Waals surface area contributed by atoms with Crippen LogP contribution in [0.1, 0.15) is 11.9 Å². The van der Waals surface area contributed by atoms with Gasteiger partial charge < -0.3 is 14.7 Å². The molecule has 1 saturated heterocycles. The molecule has 132 valence electrons. The lowest BCUT2D eigenvalue weighted by atomic mass is 10.1. The number of carbonyl (C=O) groups is 1. The Balaban J connectivity index is 1.50. The van der Waals surface area contributed by atoms with Gasteiger partial charge >= 0.3 is 0 Å². The number of benzene rings is 1. The molecule has 1 aromatic carbocycles. The summed E-state index contributed by atoms with van der Waals surface area (Å²) in [7, 11) is 5.32. The number of hydrogen-bond donors (Lipinski definition) is 1. The van der Waals surface area contributed by atoms with Crippen LogP contribution in [0.5, 0.6) is 5.75 Å². The van der Waals surface area contributed by atoms with Gasteiger partial charge in [0.05, 0.1) is 15.2 Å². The lowest BCUT2D eigenvalue weighted by molar-refractivity contribution is 0.0316. The topological polar surface area (TPSA) is 65.9 Å². The molecule has 1 N–H and O–H groups in total. The Hall–Kier alpha value is -1.64. The first-order valence-corrected chi connectivity index (χ1v) is 9.20. The SMILES string of the molecule is [B]C(=O)N1CCN(C[C@@H](O)COc2ccc3sc(C)nc3c2)[C@@H](C)C1. The van der Waals surface area contributed by atoms with Crippen LogP contribution in [0.3, 0.4) is 0 Å². The normalized spacial score (nSPS) is 20.0. The van der Waals surface area contributed by atoms with E-state index in [1.165, 1.54) is 0 Å². The van der Waals surface area contributed by atoms with Gasteiger partial charge in [0, 0.05) is 38.3 Å². The minimum atomic E-state index is -0.601. The molecule has 1 fully saturated rings. The molecule has 3 rings (SSSR count). The van der Waals surface area contributed by atoms with E-state index in [2.05, 4.69) is 9.88 Å². The fraction of sp³-hybridized carbons (Fsp3) is 0.529. The molecular weight excluding hydrogens is 337 g/mol. The summed E-state index contributed by atoms with van der Waals surface area (Å²) in [4.78, 5) is 19.5. The number of aryl methyl sites for hydroxylation is 1. The third-order valence-electron chi connectivity index (χ3n) is 4.43. The molecule has 1 aliphatic rings. The van der Waals surface area contributed by atoms with E-state index < -0.39 is 6.10 Å². The summed E-state index contributed by atoms with van der Waals surface area (Å²) < 4.78 is 6.86. The average molecular weight is 359 g/mol. The molecule has 2 aromatic rings. The maximum atomic E-state index is 11.2. The Morgan fingerprint density at radius 2 is 2.32 bits per heavy atom. The number of aliphatic hydroxyl groups excluding tert-OH is 1. The van der Waals surface area contributed by atoms with Gasteiger partial charge in [-0.05, 0) is 26.0 Å². The smallest absolute Gasteiger partial charge is 0.200 e. The number of fused-ring (bicyclic) bond motifs is 1. The van der Waals surface area contributed by atoms with E-state index in [9.17, 15) is 9.90 Å². The number of amides is 1. The van der Waals surface area contributed by atoms with Crippen LogP contribution in [0.4, 0.5) is 4.79 Å². The molecular formula is C17H22BN3O3S. The molecule has 1 aromatic heterocycles. The molecule has 2 radical (unpaired) electrons. The van der Waals surface area contributed by atoms with Crippen molar-refractivity contribution in [1.82, 2.24) is 14.8 Å². The first kappa shape index (κ1) is 18.2. The van der Waals surface area contributed by atoms with Crippen molar-refractivity contribution in [2.75, 3.05) is 32.8 Å². The van der Waals surface area contributed by atoms with Crippen molar-refractivity contribution in [3.63, 3.8) is 0 Å². The summed E-state index contributed by atoms with van der Waals surface area (Å²) in [6.45, 7) is 6.61. The van der Waals surface area contributed by atoms with Gasteiger partial charge in [-0.1, -0.05) is 0 Å². The van der Waals surface area contributed by atoms with Crippen LogP contribution >= 0.6 is 11.3 Å². The largest absolute Gasteiger partial charge is 0.491 e. The maximum absolute atomic E-state index is 11.2. The third-order valence-corrected chi connectivity index (χ3v) is 5.38. The number of aromatic nitrogens is 1. The maximum Gasteiger partial charge on any atom is 0.200 e. The van der Waals surface area contributed by atoms with E-state index in [-0.39, 0.29) is 18.5 Å². The Morgan fingerprint density at radius 3 is 3.04 bits per heavy atom. The number of piperazine rings is 1. The van der Waals surface area contributed by atoms with Crippen LogP contribution in [0.25, 0.3) is 10.2 Å². The number of hydrogen-bond acceptors (Lipinski definition) is 6. The van der Waals surface area contributed by atoms with Crippen LogP contribution in [-0.2, 0) is 0 Å². The van der Waals surface area contributed by atoms with Gasteiger partial charge in [0.1, 0.15) is 18.5 Å². The van der Waals surface area contributed by atoms with Gasteiger partial charge in [-0.15, -0.1) is 11.3 Å². The second kappa shape index (κ2) is 7.72. The molecule has 8 heteroatoms. The van der Waals surface area contributed by atoms with E-state index >= 15 is 0 Å². The quantitative estimate of drug-likeness (QED) is 0.823. The third kappa shape index (κ3) is 4.51. The van der Waals surface area contributed by atoms with Crippen LogP contribution in [0.2, 0.25) is 0 Å². The van der Waals surface area contributed by atoms with Gasteiger partial charge in [0.15, 0.2) is 5.81 Å². The first-order chi connectivity index (χ1) is 11.9. The summed E-state index contributed by atoms with van der Waals surface area (Å²) in [5.41, 5.74) is 0.922. The van der Waals surface area contributed by atoms with E-state index in [1.807, 2.05) is 32.0 Å². The number of nitrogens with zero attached hydrogens (tertiary/aromatic N) is 3. The molecule has 25 heavy (non-hydrogen) atoms. The second-order valence-electron chi connectivity index (χ2n) is 6.46. The number of rotatable bonds is 5. The van der Waals surface area contributed by atoms with E-state index in [1.54, 1.807) is 16.2 Å². The van der Waals surface area contributed by atoms with E-state index in [0.717, 1.165) is 15.2 Å². The van der Waals surface area contributed by atoms with Crippen molar-refractivity contribution in [3.8, 4) is 5.75 Å². The van der Waals surface area contributed by atoms with Gasteiger partial charge in [0.25, 0.3) is 0 Å². The molecule has 2 heterocycles. The van der Waals surface area contributed by atoms with Crippen molar-refractivity contribution >= 4 is 35.2 Å². The highest BCUT2D eigenvalue weighted by Crippen LogP contribution is 2.25. The summed E-state index contributed by atoms with van der Waals surface area (Å²) in [5, 5.41) is 11.3. The molecule has 1 amide bonds. The van der Waals surface area contributed by atoms with Crippen molar-refractivity contribution in [2.24, 2.45) is 0 Å². The first-order valence-electron chi connectivity index (χ1n) is 8.39. The van der Waals surface area contributed by atoms with Gasteiger partial charge in [-0.25, -0.2) is 4.98 Å². The molecule has 0 spiro atoms. The summed E-state index contributed by atoms with van der Waals surface area (Å²) >= 11 is 1.65. The van der Waals surface area contributed by atoms with Crippen molar-refractivity contribution in [3.05, 3.63) is 23.2 Å². The van der Waals surface area contributed by atoms with E-state index in [4.69, 9.17) is 12.6 Å². The highest BCUT2D eigenvalue weighted by molar-refractivity contribution is 7.18. The zero-order chi connectivity index (χ0) is 18.0. The Morgan fingerprint density at radius 1 is 1.52 bits per heavy atom. The predicted molar refractivity (Wildman–Crippen MR) is 99.6 cm³/mol. The minimum Gasteiger partial charge on any atom is -0.491 e. The number of ether oxygens (including phenoxy) is 1. The van der Waals surface area contributed by atoms with Crippen molar-refractivity contribution in [2.45, 2.75) is 26.0 Å². The average Bonchev–Trinajstić information content (AvgIpc) is 2.94. The molecule has 6 nitrogen and oxygen atoms in total. The molecule has 0 aliphatic carbocycles. The predicted octanol–water partition coefficient (Wildman–Crippen LogP) is 1.64. The van der Waals surface area contributed by atoms with E-state index in [0.29, 0.717) is 31.9 Å². The van der Waals surface area contributed by atoms with Gasteiger partial charge in [0.2, 0.25) is 7.85 Å². The molecule has 0 bridgehead atoms. The summed E-state index contributed by atoms with van der Waals surface area (Å²) in [5.74, 6) is 0.325. The standard InChI is InChI=1S/C17H22BN3O3S/c1-11-8-21(17(18)23)6-5-20(11)9-13(22)10-24-14-3-4-16-15(7-14)19-12(2)25-16/h3-4,7,11,13,22H,5-6,8-10H2,1-2H3/t11-,13+/m0/s1. The van der Waals surface area contributed by atoms with Crippen molar-refractivity contribution < 1.29 is 14.6 Å².